The van der Waals surface area contributed by atoms with Crippen LogP contribution in [0.1, 0.15) is 22.8 Å². The molecule has 2 aromatic carbocycles. The summed E-state index contributed by atoms with van der Waals surface area (Å²) in [5.74, 6) is -0.459. The van der Waals surface area contributed by atoms with Crippen molar-refractivity contribution >= 4 is 43.2 Å². The van der Waals surface area contributed by atoms with Gasteiger partial charge in [-0.3, -0.25) is 9.52 Å². The SMILES string of the molecule is CCOC(=O)c1ccc(NS(=O)(=O)c2ccc3c(c2)sc(=O)n3C)c(C)c1. The second kappa shape index (κ2) is 7.16. The Balaban J connectivity index is 1.92. The highest BCUT2D eigenvalue weighted by atomic mass is 32.2. The van der Waals surface area contributed by atoms with Crippen LogP contribution in [0.25, 0.3) is 10.2 Å². The molecule has 0 radical (unpaired) electrons. The summed E-state index contributed by atoms with van der Waals surface area (Å²) in [6.45, 7) is 3.68. The second-order valence-electron chi connectivity index (χ2n) is 5.91. The summed E-state index contributed by atoms with van der Waals surface area (Å²) in [5.41, 5.74) is 1.99. The van der Waals surface area contributed by atoms with Crippen LogP contribution in [0.15, 0.2) is 46.1 Å². The van der Waals surface area contributed by atoms with Crippen LogP contribution in [0.5, 0.6) is 0 Å². The van der Waals surface area contributed by atoms with E-state index in [0.29, 0.717) is 27.0 Å². The molecule has 0 unspecified atom stereocenters. The van der Waals surface area contributed by atoms with Crippen molar-refractivity contribution in [3.8, 4) is 0 Å². The van der Waals surface area contributed by atoms with E-state index in [9.17, 15) is 18.0 Å². The zero-order valence-electron chi connectivity index (χ0n) is 15.0. The van der Waals surface area contributed by atoms with Gasteiger partial charge in [-0.2, -0.15) is 0 Å². The maximum atomic E-state index is 12.7. The number of anilines is 1. The van der Waals surface area contributed by atoms with Crippen molar-refractivity contribution in [3.63, 3.8) is 0 Å². The number of aromatic nitrogens is 1. The van der Waals surface area contributed by atoms with E-state index in [4.69, 9.17) is 4.74 Å². The van der Waals surface area contributed by atoms with Gasteiger partial charge in [0.15, 0.2) is 0 Å². The Labute approximate surface area is 160 Å². The minimum atomic E-state index is -3.85. The molecule has 0 fully saturated rings. The lowest BCUT2D eigenvalue weighted by Crippen LogP contribution is -2.14. The summed E-state index contributed by atoms with van der Waals surface area (Å²) in [6.07, 6.45) is 0. The van der Waals surface area contributed by atoms with Crippen LogP contribution in [0.3, 0.4) is 0 Å². The molecule has 7 nitrogen and oxygen atoms in total. The molecule has 1 aromatic heterocycles. The second-order valence-corrected chi connectivity index (χ2v) is 8.59. The van der Waals surface area contributed by atoms with Crippen LogP contribution in [-0.4, -0.2) is 25.6 Å². The fraction of sp³-hybridized carbons (Fsp3) is 0.222. The monoisotopic (exact) mass is 406 g/mol. The Bertz CT molecular complexity index is 1190. The number of fused-ring (bicyclic) bond motifs is 1. The predicted octanol–water partition coefficient (Wildman–Crippen LogP) is 2.89. The van der Waals surface area contributed by atoms with E-state index in [0.717, 1.165) is 11.3 Å². The number of thiazole rings is 1. The maximum absolute atomic E-state index is 12.7. The number of rotatable bonds is 5. The molecule has 3 rings (SSSR count). The fourth-order valence-electron chi connectivity index (χ4n) is 2.60. The van der Waals surface area contributed by atoms with E-state index in [1.165, 1.54) is 28.8 Å². The fourth-order valence-corrected chi connectivity index (χ4v) is 4.75. The Hall–Kier alpha value is -2.65. The van der Waals surface area contributed by atoms with Gasteiger partial charge in [0.1, 0.15) is 0 Å². The molecular formula is C18H18N2O5S2. The number of hydrogen-bond acceptors (Lipinski definition) is 6. The third-order valence-electron chi connectivity index (χ3n) is 4.06. The number of ether oxygens (including phenoxy) is 1. The molecule has 0 atom stereocenters. The first-order valence-electron chi connectivity index (χ1n) is 8.13. The first-order chi connectivity index (χ1) is 12.7. The van der Waals surface area contributed by atoms with Gasteiger partial charge in [-0.05, 0) is 55.8 Å². The summed E-state index contributed by atoms with van der Waals surface area (Å²) < 4.78 is 35.0. The molecule has 0 bridgehead atoms. The predicted molar refractivity (Wildman–Crippen MR) is 105 cm³/mol. The number of sulfonamides is 1. The van der Waals surface area contributed by atoms with Gasteiger partial charge in [0.05, 0.1) is 33.0 Å². The van der Waals surface area contributed by atoms with Gasteiger partial charge in [0, 0.05) is 7.05 Å². The molecule has 142 valence electrons. The topological polar surface area (TPSA) is 94.5 Å². The molecule has 0 saturated heterocycles. The summed E-state index contributed by atoms with van der Waals surface area (Å²) >= 11 is 0.992. The van der Waals surface area contributed by atoms with Crippen molar-refractivity contribution in [3.05, 3.63) is 57.2 Å². The molecule has 0 aliphatic heterocycles. The lowest BCUT2D eigenvalue weighted by molar-refractivity contribution is 0.0526. The van der Waals surface area contributed by atoms with E-state index in [1.807, 2.05) is 0 Å². The quantitative estimate of drug-likeness (QED) is 0.658. The average Bonchev–Trinajstić information content (AvgIpc) is 2.90. The van der Waals surface area contributed by atoms with Crippen LogP contribution in [0.2, 0.25) is 0 Å². The van der Waals surface area contributed by atoms with Crippen molar-refractivity contribution in [2.45, 2.75) is 18.7 Å². The zero-order valence-corrected chi connectivity index (χ0v) is 16.6. The van der Waals surface area contributed by atoms with Gasteiger partial charge in [-0.15, -0.1) is 0 Å². The third-order valence-corrected chi connectivity index (χ3v) is 6.41. The van der Waals surface area contributed by atoms with Crippen LogP contribution in [-0.2, 0) is 21.8 Å². The Kier molecular flexibility index (Phi) is 5.07. The van der Waals surface area contributed by atoms with Gasteiger partial charge < -0.3 is 9.30 Å². The average molecular weight is 406 g/mol. The van der Waals surface area contributed by atoms with Crippen LogP contribution >= 0.6 is 11.3 Å². The number of nitrogens with zero attached hydrogens (tertiary/aromatic N) is 1. The molecule has 0 saturated carbocycles. The normalized spacial score (nSPS) is 11.5. The smallest absolute Gasteiger partial charge is 0.338 e. The number of carbonyl (C=O) groups excluding carboxylic acids is 1. The van der Waals surface area contributed by atoms with Crippen molar-refractivity contribution in [2.24, 2.45) is 7.05 Å². The highest BCUT2D eigenvalue weighted by Gasteiger charge is 2.18. The number of benzene rings is 2. The molecule has 0 aliphatic carbocycles. The first-order valence-corrected chi connectivity index (χ1v) is 10.4. The molecule has 9 heteroatoms. The minimum Gasteiger partial charge on any atom is -0.462 e. The molecule has 3 aromatic rings. The molecule has 1 N–H and O–H groups in total. The van der Waals surface area contributed by atoms with E-state index in [1.54, 1.807) is 33.0 Å². The lowest BCUT2D eigenvalue weighted by Gasteiger charge is -2.12. The summed E-state index contributed by atoms with van der Waals surface area (Å²) in [4.78, 5) is 23.4. The molecule has 0 aliphatic rings. The van der Waals surface area contributed by atoms with E-state index < -0.39 is 16.0 Å². The van der Waals surface area contributed by atoms with Crippen molar-refractivity contribution in [1.29, 1.82) is 0 Å². The largest absolute Gasteiger partial charge is 0.462 e. The molecule has 0 spiro atoms. The zero-order chi connectivity index (χ0) is 19.8. The number of carbonyl (C=O) groups is 1. The summed E-state index contributed by atoms with van der Waals surface area (Å²) in [7, 11) is -2.20. The lowest BCUT2D eigenvalue weighted by atomic mass is 10.1. The Morgan fingerprint density at radius 1 is 1.22 bits per heavy atom. The molecule has 27 heavy (non-hydrogen) atoms. The van der Waals surface area contributed by atoms with E-state index in [2.05, 4.69) is 4.72 Å². The Morgan fingerprint density at radius 2 is 1.96 bits per heavy atom. The van der Waals surface area contributed by atoms with Gasteiger partial charge in [0.25, 0.3) is 10.0 Å². The molecular weight excluding hydrogens is 388 g/mol. The Morgan fingerprint density at radius 3 is 2.63 bits per heavy atom. The standard InChI is InChI=1S/C18H18N2O5S2/c1-4-25-17(21)12-5-7-14(11(2)9-12)19-27(23,24)13-6-8-15-16(10-13)26-18(22)20(15)3/h5-10,19H,4H2,1-3H3. The van der Waals surface area contributed by atoms with E-state index in [-0.39, 0.29) is 16.4 Å². The van der Waals surface area contributed by atoms with Crippen molar-refractivity contribution in [1.82, 2.24) is 4.57 Å². The molecule has 1 heterocycles. The van der Waals surface area contributed by atoms with Gasteiger partial charge in [-0.25, -0.2) is 13.2 Å². The highest BCUT2D eigenvalue weighted by Crippen LogP contribution is 2.25. The van der Waals surface area contributed by atoms with Crippen LogP contribution in [0, 0.1) is 6.92 Å². The van der Waals surface area contributed by atoms with Gasteiger partial charge in [-0.1, -0.05) is 11.3 Å². The van der Waals surface area contributed by atoms with E-state index >= 15 is 0 Å². The highest BCUT2D eigenvalue weighted by molar-refractivity contribution is 7.92. The third kappa shape index (κ3) is 3.74. The van der Waals surface area contributed by atoms with Crippen LogP contribution in [0.4, 0.5) is 5.69 Å². The van der Waals surface area contributed by atoms with Crippen molar-refractivity contribution < 1.29 is 17.9 Å². The van der Waals surface area contributed by atoms with Gasteiger partial charge >= 0.3 is 10.8 Å². The number of nitrogens with one attached hydrogen (secondary N) is 1. The maximum Gasteiger partial charge on any atom is 0.338 e. The van der Waals surface area contributed by atoms with Gasteiger partial charge in [0.2, 0.25) is 0 Å². The first kappa shape index (κ1) is 19.1. The van der Waals surface area contributed by atoms with Crippen LogP contribution < -0.4 is 9.60 Å². The summed E-state index contributed by atoms with van der Waals surface area (Å²) in [6, 6.07) is 9.15. The summed E-state index contributed by atoms with van der Waals surface area (Å²) in [5, 5.41) is 0. The minimum absolute atomic E-state index is 0.0609. The number of esters is 1. The van der Waals surface area contributed by atoms with Crippen molar-refractivity contribution in [2.75, 3.05) is 11.3 Å². The number of aryl methyl sites for hydroxylation is 2. The molecule has 0 amide bonds. The number of hydrogen-bond donors (Lipinski definition) is 1.